The number of amides is 1. The average molecular weight is 412 g/mol. The van der Waals surface area contributed by atoms with Gasteiger partial charge in [-0.15, -0.1) is 22.7 Å². The Morgan fingerprint density at radius 3 is 2.71 bits per heavy atom. The number of para-hydroxylation sites is 1. The normalized spacial score (nSPS) is 21.6. The number of carbonyl (C=O) groups is 1. The molecule has 28 heavy (non-hydrogen) atoms. The zero-order valence-corrected chi connectivity index (χ0v) is 17.6. The summed E-state index contributed by atoms with van der Waals surface area (Å²) in [7, 11) is 0. The molecule has 2 saturated heterocycles. The number of benzene rings is 1. The molecule has 0 saturated carbocycles. The molecule has 4 nitrogen and oxygen atoms in total. The van der Waals surface area contributed by atoms with E-state index >= 15 is 0 Å². The summed E-state index contributed by atoms with van der Waals surface area (Å²) in [4.78, 5) is 23.6. The van der Waals surface area contributed by atoms with Crippen LogP contribution in [0.3, 0.4) is 0 Å². The van der Waals surface area contributed by atoms with Gasteiger partial charge in [-0.25, -0.2) is 4.98 Å². The summed E-state index contributed by atoms with van der Waals surface area (Å²) in [6.45, 7) is 3.32. The summed E-state index contributed by atoms with van der Waals surface area (Å²) in [5.41, 5.74) is 1.11. The molecule has 4 heterocycles. The Balaban J connectivity index is 1.19. The fourth-order valence-electron chi connectivity index (χ4n) is 4.53. The van der Waals surface area contributed by atoms with Gasteiger partial charge in [0.15, 0.2) is 0 Å². The van der Waals surface area contributed by atoms with Crippen LogP contribution in [-0.4, -0.2) is 46.9 Å². The van der Waals surface area contributed by atoms with Crippen molar-refractivity contribution in [3.8, 4) is 0 Å². The highest BCUT2D eigenvalue weighted by Crippen LogP contribution is 2.36. The molecule has 1 amide bonds. The molecular formula is C22H25N3OS2. The first kappa shape index (κ1) is 18.3. The van der Waals surface area contributed by atoms with Gasteiger partial charge in [-0.1, -0.05) is 18.2 Å². The molecule has 0 spiro atoms. The third-order valence-corrected chi connectivity index (χ3v) is 8.25. The predicted octanol–water partition coefficient (Wildman–Crippen LogP) is 4.90. The van der Waals surface area contributed by atoms with Gasteiger partial charge >= 0.3 is 0 Å². The number of likely N-dealkylation sites (tertiary alicyclic amines) is 2. The molecule has 2 aliphatic rings. The van der Waals surface area contributed by atoms with E-state index in [1.54, 1.807) is 0 Å². The van der Waals surface area contributed by atoms with Crippen LogP contribution in [0.2, 0.25) is 0 Å². The molecule has 0 radical (unpaired) electrons. The van der Waals surface area contributed by atoms with Crippen LogP contribution >= 0.6 is 22.7 Å². The molecule has 0 N–H and O–H groups in total. The second kappa shape index (κ2) is 7.93. The summed E-state index contributed by atoms with van der Waals surface area (Å²) in [6.07, 6.45) is 4.42. The van der Waals surface area contributed by atoms with E-state index < -0.39 is 0 Å². The lowest BCUT2D eigenvalue weighted by atomic mass is 9.97. The molecule has 146 valence electrons. The molecule has 2 fully saturated rings. The van der Waals surface area contributed by atoms with Gasteiger partial charge in [-0.3, -0.25) is 9.69 Å². The first-order valence-electron chi connectivity index (χ1n) is 10.2. The third-order valence-electron chi connectivity index (χ3n) is 6.08. The van der Waals surface area contributed by atoms with Gasteiger partial charge in [0.25, 0.3) is 0 Å². The van der Waals surface area contributed by atoms with E-state index in [0.717, 1.165) is 38.0 Å². The maximum absolute atomic E-state index is 12.9. The Kier molecular flexibility index (Phi) is 5.18. The lowest BCUT2D eigenvalue weighted by Gasteiger charge is -2.33. The first-order chi connectivity index (χ1) is 13.8. The minimum absolute atomic E-state index is 0.297. The third kappa shape index (κ3) is 3.61. The van der Waals surface area contributed by atoms with Crippen molar-refractivity contribution in [1.29, 1.82) is 0 Å². The SMILES string of the molecule is O=C(CN1CCC[C@H]1c1cccs1)N1CCC(c2nc3ccccc3s2)CC1. The fraction of sp³-hybridized carbons (Fsp3) is 0.455. The molecule has 1 aromatic carbocycles. The van der Waals surface area contributed by atoms with Gasteiger partial charge in [0, 0.05) is 29.9 Å². The standard InChI is InChI=1S/C22H25N3OS2/c26-21(15-25-11-3-6-18(25)20-8-4-14-27-20)24-12-9-16(10-13-24)22-23-17-5-1-2-7-19(17)28-22/h1-2,4-5,7-8,14,16,18H,3,6,9-13,15H2/t18-/m0/s1. The number of hydrogen-bond acceptors (Lipinski definition) is 5. The number of thiazole rings is 1. The average Bonchev–Trinajstić information content (AvgIpc) is 3.47. The van der Waals surface area contributed by atoms with Crippen LogP contribution < -0.4 is 0 Å². The molecule has 1 atom stereocenters. The number of nitrogens with zero attached hydrogens (tertiary/aromatic N) is 3. The van der Waals surface area contributed by atoms with Crippen molar-refractivity contribution in [2.24, 2.45) is 0 Å². The smallest absolute Gasteiger partial charge is 0.236 e. The summed E-state index contributed by atoms with van der Waals surface area (Å²) >= 11 is 3.63. The van der Waals surface area contributed by atoms with Crippen LogP contribution in [0.25, 0.3) is 10.2 Å². The number of hydrogen-bond donors (Lipinski definition) is 0. The lowest BCUT2D eigenvalue weighted by Crippen LogP contribution is -2.43. The van der Waals surface area contributed by atoms with Gasteiger partial charge < -0.3 is 4.90 Å². The van der Waals surface area contributed by atoms with E-state index in [9.17, 15) is 4.79 Å². The van der Waals surface area contributed by atoms with Crippen LogP contribution in [0.15, 0.2) is 41.8 Å². The number of aromatic nitrogens is 1. The molecule has 0 aliphatic carbocycles. The Hall–Kier alpha value is -1.76. The Labute approximate surface area is 173 Å². The van der Waals surface area contributed by atoms with Crippen molar-refractivity contribution in [3.63, 3.8) is 0 Å². The maximum Gasteiger partial charge on any atom is 0.236 e. The van der Waals surface area contributed by atoms with Crippen molar-refractivity contribution in [2.75, 3.05) is 26.2 Å². The monoisotopic (exact) mass is 411 g/mol. The molecule has 5 rings (SSSR count). The second-order valence-electron chi connectivity index (χ2n) is 7.82. The fourth-order valence-corrected chi connectivity index (χ4v) is 6.56. The minimum Gasteiger partial charge on any atom is -0.342 e. The van der Waals surface area contributed by atoms with Crippen LogP contribution in [0.5, 0.6) is 0 Å². The van der Waals surface area contributed by atoms with Gasteiger partial charge in [-0.05, 0) is 55.8 Å². The zero-order chi connectivity index (χ0) is 18.9. The molecular weight excluding hydrogens is 386 g/mol. The van der Waals surface area contributed by atoms with Gasteiger partial charge in [0.05, 0.1) is 21.8 Å². The van der Waals surface area contributed by atoms with Gasteiger partial charge in [0.2, 0.25) is 5.91 Å². The number of rotatable bonds is 4. The van der Waals surface area contributed by atoms with Crippen molar-refractivity contribution in [1.82, 2.24) is 14.8 Å². The van der Waals surface area contributed by atoms with Crippen molar-refractivity contribution >= 4 is 38.8 Å². The van der Waals surface area contributed by atoms with Crippen LogP contribution in [0, 0.1) is 0 Å². The summed E-state index contributed by atoms with van der Waals surface area (Å²) < 4.78 is 1.27. The van der Waals surface area contributed by atoms with Crippen LogP contribution in [0.1, 0.15) is 47.5 Å². The van der Waals surface area contributed by atoms with Crippen molar-refractivity contribution in [3.05, 3.63) is 51.7 Å². The Bertz CT molecular complexity index is 911. The van der Waals surface area contributed by atoms with Gasteiger partial charge in [0.1, 0.15) is 0 Å². The molecule has 2 aliphatic heterocycles. The van der Waals surface area contributed by atoms with E-state index in [2.05, 4.69) is 51.6 Å². The highest BCUT2D eigenvalue weighted by Gasteiger charge is 2.31. The molecule has 3 aromatic rings. The summed E-state index contributed by atoms with van der Waals surface area (Å²) in [6, 6.07) is 13.1. The number of thiophene rings is 1. The molecule has 0 unspecified atom stereocenters. The number of fused-ring (bicyclic) bond motifs is 1. The molecule has 0 bridgehead atoms. The number of piperidine rings is 1. The minimum atomic E-state index is 0.297. The Morgan fingerprint density at radius 2 is 1.93 bits per heavy atom. The Morgan fingerprint density at radius 1 is 1.07 bits per heavy atom. The lowest BCUT2D eigenvalue weighted by molar-refractivity contribution is -0.133. The molecule has 2 aromatic heterocycles. The van der Waals surface area contributed by atoms with E-state index in [0.29, 0.717) is 24.4 Å². The predicted molar refractivity (Wildman–Crippen MR) is 116 cm³/mol. The summed E-state index contributed by atoms with van der Waals surface area (Å²) in [5, 5.41) is 3.38. The maximum atomic E-state index is 12.9. The molecule has 6 heteroatoms. The topological polar surface area (TPSA) is 36.4 Å². The van der Waals surface area contributed by atoms with E-state index in [-0.39, 0.29) is 0 Å². The quantitative estimate of drug-likeness (QED) is 0.613. The van der Waals surface area contributed by atoms with Crippen LogP contribution in [0.4, 0.5) is 0 Å². The van der Waals surface area contributed by atoms with Crippen molar-refractivity contribution in [2.45, 2.75) is 37.6 Å². The van der Waals surface area contributed by atoms with Crippen molar-refractivity contribution < 1.29 is 4.79 Å². The first-order valence-corrected chi connectivity index (χ1v) is 11.9. The van der Waals surface area contributed by atoms with Gasteiger partial charge in [-0.2, -0.15) is 0 Å². The zero-order valence-electron chi connectivity index (χ0n) is 15.9. The van der Waals surface area contributed by atoms with E-state index in [1.165, 1.54) is 27.4 Å². The van der Waals surface area contributed by atoms with E-state index in [4.69, 9.17) is 4.98 Å². The highest BCUT2D eigenvalue weighted by molar-refractivity contribution is 7.18. The summed E-state index contributed by atoms with van der Waals surface area (Å²) in [5.74, 6) is 0.790. The second-order valence-corrected chi connectivity index (χ2v) is 9.86. The number of carbonyl (C=O) groups excluding carboxylic acids is 1. The van der Waals surface area contributed by atoms with Crippen LogP contribution in [-0.2, 0) is 4.79 Å². The largest absolute Gasteiger partial charge is 0.342 e. The van der Waals surface area contributed by atoms with E-state index in [1.807, 2.05) is 22.7 Å². The highest BCUT2D eigenvalue weighted by atomic mass is 32.1.